The highest BCUT2D eigenvalue weighted by molar-refractivity contribution is 7.53. The average molecular weight is 385 g/mol. The molecule has 7 nitrogen and oxygen atoms in total. The Bertz CT molecular complexity index is 580. The Balaban J connectivity index is 2.08. The van der Waals surface area contributed by atoms with Gasteiger partial charge in [0.05, 0.1) is 19.4 Å². The molecule has 0 aliphatic carbocycles. The molecule has 0 atom stereocenters. The van der Waals surface area contributed by atoms with Crippen molar-refractivity contribution >= 4 is 7.60 Å². The van der Waals surface area contributed by atoms with Gasteiger partial charge in [0.1, 0.15) is 5.75 Å². The van der Waals surface area contributed by atoms with Gasteiger partial charge in [-0.2, -0.15) is 0 Å². The normalized spacial score (nSPS) is 17.5. The van der Waals surface area contributed by atoms with Gasteiger partial charge in [0.15, 0.2) is 0 Å². The molecule has 0 amide bonds. The van der Waals surface area contributed by atoms with Gasteiger partial charge in [-0.1, -0.05) is 12.1 Å². The van der Waals surface area contributed by atoms with Crippen LogP contribution in [-0.4, -0.2) is 62.5 Å². The van der Waals surface area contributed by atoms with E-state index in [0.29, 0.717) is 19.8 Å². The fraction of sp³-hybridized carbons (Fsp3) is 0.667. The van der Waals surface area contributed by atoms with Crippen LogP contribution in [-0.2, 0) is 26.3 Å². The van der Waals surface area contributed by atoms with Crippen molar-refractivity contribution in [2.24, 2.45) is 0 Å². The SMILES string of the molecule is CCOP(=O)(Cc1ccc(O)c(CN2CCNCCNCC2)c1)OCC. The highest BCUT2D eigenvalue weighted by atomic mass is 31.2. The minimum absolute atomic E-state index is 0.213. The molecule has 1 fully saturated rings. The maximum absolute atomic E-state index is 12.8. The molecule has 0 aromatic heterocycles. The number of hydrogen-bond acceptors (Lipinski definition) is 7. The molecule has 0 bridgehead atoms. The van der Waals surface area contributed by atoms with Gasteiger partial charge in [-0.25, -0.2) is 0 Å². The zero-order chi connectivity index (χ0) is 18.8. The molecule has 1 aromatic rings. The van der Waals surface area contributed by atoms with Gasteiger partial charge in [-0.05, 0) is 25.5 Å². The number of phenolic OH excluding ortho intramolecular Hbond substituents is 1. The van der Waals surface area contributed by atoms with Crippen LogP contribution in [0.4, 0.5) is 0 Å². The second-order valence-electron chi connectivity index (χ2n) is 6.34. The van der Waals surface area contributed by atoms with Crippen LogP contribution in [0.15, 0.2) is 18.2 Å². The lowest BCUT2D eigenvalue weighted by molar-refractivity contribution is 0.219. The first-order chi connectivity index (χ1) is 12.6. The fourth-order valence-corrected chi connectivity index (χ4v) is 4.71. The third-order valence-corrected chi connectivity index (χ3v) is 6.31. The van der Waals surface area contributed by atoms with Crippen LogP contribution in [0.25, 0.3) is 0 Å². The Labute approximate surface area is 156 Å². The van der Waals surface area contributed by atoms with E-state index in [4.69, 9.17) is 9.05 Å². The summed E-state index contributed by atoms with van der Waals surface area (Å²) in [6, 6.07) is 5.36. The monoisotopic (exact) mass is 385 g/mol. The van der Waals surface area contributed by atoms with Crippen molar-refractivity contribution in [2.45, 2.75) is 26.6 Å². The molecule has 2 rings (SSSR count). The maximum atomic E-state index is 12.8. The van der Waals surface area contributed by atoms with Crippen molar-refractivity contribution in [2.75, 3.05) is 52.5 Å². The fourth-order valence-electron chi connectivity index (χ4n) is 3.02. The maximum Gasteiger partial charge on any atom is 0.335 e. The Hall–Kier alpha value is -0.950. The van der Waals surface area contributed by atoms with E-state index in [9.17, 15) is 9.67 Å². The molecule has 1 aromatic carbocycles. The van der Waals surface area contributed by atoms with E-state index in [2.05, 4.69) is 15.5 Å². The Morgan fingerprint density at radius 3 is 2.27 bits per heavy atom. The summed E-state index contributed by atoms with van der Waals surface area (Å²) >= 11 is 0. The van der Waals surface area contributed by atoms with Gasteiger partial charge < -0.3 is 24.8 Å². The number of nitrogens with zero attached hydrogens (tertiary/aromatic N) is 1. The molecule has 26 heavy (non-hydrogen) atoms. The molecule has 0 saturated carbocycles. The summed E-state index contributed by atoms with van der Waals surface area (Å²) in [5, 5.41) is 17.0. The van der Waals surface area contributed by atoms with E-state index in [1.54, 1.807) is 26.0 Å². The number of hydrogen-bond donors (Lipinski definition) is 3. The Morgan fingerprint density at radius 1 is 1.08 bits per heavy atom. The van der Waals surface area contributed by atoms with Gasteiger partial charge in [-0.3, -0.25) is 9.46 Å². The molecule has 1 saturated heterocycles. The molecule has 1 aliphatic heterocycles. The first-order valence-electron chi connectivity index (χ1n) is 9.39. The number of benzene rings is 1. The van der Waals surface area contributed by atoms with E-state index >= 15 is 0 Å². The number of phenols is 1. The Morgan fingerprint density at radius 2 is 1.69 bits per heavy atom. The summed E-state index contributed by atoms with van der Waals surface area (Å²) in [5.41, 5.74) is 1.69. The molecule has 148 valence electrons. The number of aromatic hydroxyl groups is 1. The smallest absolute Gasteiger partial charge is 0.335 e. The summed E-state index contributed by atoms with van der Waals surface area (Å²) in [6.07, 6.45) is 0.213. The lowest BCUT2D eigenvalue weighted by Gasteiger charge is -2.23. The minimum Gasteiger partial charge on any atom is -0.508 e. The van der Waals surface area contributed by atoms with Crippen molar-refractivity contribution in [1.29, 1.82) is 0 Å². The van der Waals surface area contributed by atoms with Crippen LogP contribution in [0, 0.1) is 0 Å². The first kappa shape index (κ1) is 21.4. The van der Waals surface area contributed by atoms with Gasteiger partial charge >= 0.3 is 7.60 Å². The zero-order valence-corrected chi connectivity index (χ0v) is 16.8. The summed E-state index contributed by atoms with van der Waals surface area (Å²) in [5.74, 6) is 0.261. The summed E-state index contributed by atoms with van der Waals surface area (Å²) in [4.78, 5) is 2.30. The summed E-state index contributed by atoms with van der Waals surface area (Å²) in [7, 11) is -3.15. The molecular weight excluding hydrogens is 353 g/mol. The van der Waals surface area contributed by atoms with E-state index in [1.807, 2.05) is 6.07 Å². The van der Waals surface area contributed by atoms with Gasteiger partial charge in [0.2, 0.25) is 0 Å². The van der Waals surface area contributed by atoms with Crippen molar-refractivity contribution in [3.8, 4) is 5.75 Å². The molecule has 0 spiro atoms. The molecule has 0 radical (unpaired) electrons. The average Bonchev–Trinajstić information content (AvgIpc) is 2.72. The predicted octanol–water partition coefficient (Wildman–Crippen LogP) is 2.15. The highest BCUT2D eigenvalue weighted by Gasteiger charge is 2.24. The van der Waals surface area contributed by atoms with Crippen molar-refractivity contribution < 1.29 is 18.7 Å². The Kier molecular flexibility index (Phi) is 9.05. The van der Waals surface area contributed by atoms with E-state index in [-0.39, 0.29) is 11.9 Å². The molecule has 8 heteroatoms. The predicted molar refractivity (Wildman–Crippen MR) is 104 cm³/mol. The largest absolute Gasteiger partial charge is 0.508 e. The van der Waals surface area contributed by atoms with E-state index < -0.39 is 7.60 Å². The lowest BCUT2D eigenvalue weighted by Crippen LogP contribution is -2.33. The summed E-state index contributed by atoms with van der Waals surface area (Å²) in [6.45, 7) is 10.6. The number of rotatable bonds is 8. The first-order valence-corrected chi connectivity index (χ1v) is 11.1. The van der Waals surface area contributed by atoms with Crippen LogP contribution < -0.4 is 10.6 Å². The summed E-state index contributed by atoms with van der Waals surface area (Å²) < 4.78 is 23.5. The molecule has 3 N–H and O–H groups in total. The van der Waals surface area contributed by atoms with Crippen molar-refractivity contribution in [3.63, 3.8) is 0 Å². The minimum atomic E-state index is -3.15. The topological polar surface area (TPSA) is 83.1 Å². The van der Waals surface area contributed by atoms with Gasteiger partial charge in [-0.15, -0.1) is 0 Å². The van der Waals surface area contributed by atoms with E-state index in [0.717, 1.165) is 50.4 Å². The van der Waals surface area contributed by atoms with Gasteiger partial charge in [0.25, 0.3) is 0 Å². The van der Waals surface area contributed by atoms with Crippen molar-refractivity contribution in [3.05, 3.63) is 29.3 Å². The number of nitrogens with one attached hydrogen (secondary N) is 2. The van der Waals surface area contributed by atoms with Crippen LogP contribution in [0.3, 0.4) is 0 Å². The van der Waals surface area contributed by atoms with Crippen LogP contribution in [0.5, 0.6) is 5.75 Å². The molecule has 1 aliphatic rings. The van der Waals surface area contributed by atoms with Crippen molar-refractivity contribution in [1.82, 2.24) is 15.5 Å². The third kappa shape index (κ3) is 6.99. The highest BCUT2D eigenvalue weighted by Crippen LogP contribution is 2.51. The zero-order valence-electron chi connectivity index (χ0n) is 15.9. The molecule has 0 unspecified atom stereocenters. The van der Waals surface area contributed by atoms with E-state index in [1.165, 1.54) is 0 Å². The van der Waals surface area contributed by atoms with Crippen LogP contribution in [0.2, 0.25) is 0 Å². The third-order valence-electron chi connectivity index (χ3n) is 4.25. The van der Waals surface area contributed by atoms with Gasteiger partial charge in [0, 0.05) is 51.4 Å². The lowest BCUT2D eigenvalue weighted by atomic mass is 10.1. The second-order valence-corrected chi connectivity index (χ2v) is 8.40. The quantitative estimate of drug-likeness (QED) is 0.592. The van der Waals surface area contributed by atoms with Crippen LogP contribution in [0.1, 0.15) is 25.0 Å². The molecular formula is C18H32N3O4P. The molecule has 1 heterocycles. The van der Waals surface area contributed by atoms with Crippen LogP contribution >= 0.6 is 7.60 Å². The standard InChI is InChI=1S/C18H32N3O4P/c1-3-24-26(23,25-4-2)15-16-5-6-18(22)17(13-16)14-21-11-9-19-7-8-20-10-12-21/h5-6,13,19-20,22H,3-4,7-12,14-15H2,1-2H3. The second kappa shape index (κ2) is 11.0.